The molecule has 0 aliphatic carbocycles. The quantitative estimate of drug-likeness (QED) is 0.197. The lowest BCUT2D eigenvalue weighted by Gasteiger charge is -2.26. The maximum absolute atomic E-state index is 12.6. The molecule has 0 aromatic heterocycles. The van der Waals surface area contributed by atoms with Gasteiger partial charge in [-0.3, -0.25) is 28.8 Å². The van der Waals surface area contributed by atoms with Crippen LogP contribution >= 0.6 is 0 Å². The summed E-state index contributed by atoms with van der Waals surface area (Å²) in [5.41, 5.74) is 0. The molecule has 0 unspecified atom stereocenters. The van der Waals surface area contributed by atoms with Gasteiger partial charge in [-0.25, -0.2) is 0 Å². The lowest BCUT2D eigenvalue weighted by Crippen LogP contribution is -2.48. The fourth-order valence-corrected chi connectivity index (χ4v) is 3.44. The van der Waals surface area contributed by atoms with E-state index >= 15 is 0 Å². The van der Waals surface area contributed by atoms with Gasteiger partial charge >= 0.3 is 0 Å². The molecule has 230 valence electrons. The third-order valence-electron chi connectivity index (χ3n) is 6.24. The number of carbonyl (C=O) groups is 6. The number of nitrogens with zero attached hydrogens (tertiary/aromatic N) is 5. The van der Waals surface area contributed by atoms with Crippen LogP contribution in [0.1, 0.15) is 52.9 Å². The zero-order valence-corrected chi connectivity index (χ0v) is 25.7. The molecule has 6 amide bonds. The molecular formula is C27H51N7O6. The number of likely N-dealkylation sites (N-methyl/N-ethyl adjacent to an activating group) is 5. The molecule has 0 aliphatic rings. The largest absolute Gasteiger partial charge is 0.355 e. The summed E-state index contributed by atoms with van der Waals surface area (Å²) in [5, 5.41) is 5.93. The van der Waals surface area contributed by atoms with Gasteiger partial charge in [0.2, 0.25) is 35.4 Å². The smallest absolute Gasteiger partial charge is 0.242 e. The van der Waals surface area contributed by atoms with Crippen LogP contribution in [0.5, 0.6) is 0 Å². The number of hydrogen-bond acceptors (Lipinski definition) is 7. The van der Waals surface area contributed by atoms with Crippen molar-refractivity contribution in [2.24, 2.45) is 0 Å². The second-order valence-corrected chi connectivity index (χ2v) is 10.5. The summed E-state index contributed by atoms with van der Waals surface area (Å²) in [6, 6.07) is 0.255. The molecule has 0 fully saturated rings. The molecule has 0 saturated carbocycles. The zero-order valence-electron chi connectivity index (χ0n) is 25.7. The summed E-state index contributed by atoms with van der Waals surface area (Å²) < 4.78 is 0. The second kappa shape index (κ2) is 19.8. The van der Waals surface area contributed by atoms with Crippen molar-refractivity contribution in [3.63, 3.8) is 0 Å². The van der Waals surface area contributed by atoms with Gasteiger partial charge in [0.1, 0.15) is 0 Å². The third kappa shape index (κ3) is 16.0. The van der Waals surface area contributed by atoms with E-state index in [2.05, 4.69) is 17.6 Å². The Balaban J connectivity index is 4.53. The molecule has 13 heteroatoms. The van der Waals surface area contributed by atoms with Crippen molar-refractivity contribution in [2.45, 2.75) is 58.9 Å². The Kier molecular flexibility index (Phi) is 18.2. The Hall–Kier alpha value is -3.22. The summed E-state index contributed by atoms with van der Waals surface area (Å²) in [6.07, 6.45) is 4.40. The maximum Gasteiger partial charge on any atom is 0.242 e. The van der Waals surface area contributed by atoms with Crippen LogP contribution in [0, 0.1) is 0 Å². The van der Waals surface area contributed by atoms with Crippen LogP contribution in [0.2, 0.25) is 0 Å². The maximum atomic E-state index is 12.6. The van der Waals surface area contributed by atoms with E-state index in [4.69, 9.17) is 0 Å². The summed E-state index contributed by atoms with van der Waals surface area (Å²) in [4.78, 5) is 80.5. The number of amides is 6. The Labute approximate surface area is 239 Å². The van der Waals surface area contributed by atoms with Crippen molar-refractivity contribution in [1.82, 2.24) is 35.1 Å². The van der Waals surface area contributed by atoms with Crippen molar-refractivity contribution in [3.05, 3.63) is 0 Å². The Morgan fingerprint density at radius 2 is 0.950 bits per heavy atom. The average molecular weight is 570 g/mol. The van der Waals surface area contributed by atoms with Crippen LogP contribution in [0.4, 0.5) is 0 Å². The number of unbranched alkanes of at least 4 members (excludes halogenated alkanes) is 3. The number of hydrogen-bond donors (Lipinski definition) is 2. The van der Waals surface area contributed by atoms with Gasteiger partial charge < -0.3 is 35.1 Å². The van der Waals surface area contributed by atoms with Gasteiger partial charge in [-0.1, -0.05) is 40.0 Å². The monoisotopic (exact) mass is 569 g/mol. The predicted molar refractivity (Wildman–Crippen MR) is 153 cm³/mol. The van der Waals surface area contributed by atoms with E-state index in [9.17, 15) is 28.8 Å². The molecule has 40 heavy (non-hydrogen) atoms. The summed E-state index contributed by atoms with van der Waals surface area (Å²) in [6.45, 7) is 6.07. The molecule has 13 nitrogen and oxygen atoms in total. The second-order valence-electron chi connectivity index (χ2n) is 10.5. The Bertz CT molecular complexity index is 851. The van der Waals surface area contributed by atoms with Gasteiger partial charge in [-0.2, -0.15) is 0 Å². The van der Waals surface area contributed by atoms with Crippen molar-refractivity contribution in [1.29, 1.82) is 0 Å². The minimum Gasteiger partial charge on any atom is -0.355 e. The highest BCUT2D eigenvalue weighted by Crippen LogP contribution is 1.99. The Morgan fingerprint density at radius 1 is 0.550 bits per heavy atom. The molecule has 2 N–H and O–H groups in total. The first kappa shape index (κ1) is 36.8. The van der Waals surface area contributed by atoms with Crippen LogP contribution in [-0.2, 0) is 28.8 Å². The lowest BCUT2D eigenvalue weighted by molar-refractivity contribution is -0.145. The molecule has 0 spiro atoms. The lowest BCUT2D eigenvalue weighted by atomic mass is 10.2. The molecule has 0 aromatic rings. The van der Waals surface area contributed by atoms with Gasteiger partial charge in [-0.05, 0) is 6.42 Å². The van der Waals surface area contributed by atoms with Crippen LogP contribution in [0.15, 0.2) is 0 Å². The minimum absolute atomic E-state index is 0.108. The average Bonchev–Trinajstić information content (AvgIpc) is 2.87. The highest BCUT2D eigenvalue weighted by Gasteiger charge is 2.23. The van der Waals surface area contributed by atoms with E-state index in [1.54, 1.807) is 0 Å². The molecule has 0 aliphatic heterocycles. The molecule has 0 rings (SSSR count). The van der Waals surface area contributed by atoms with Gasteiger partial charge in [0.15, 0.2) is 0 Å². The zero-order chi connectivity index (χ0) is 30.8. The van der Waals surface area contributed by atoms with Gasteiger partial charge in [0.05, 0.1) is 32.7 Å². The number of nitrogens with one attached hydrogen (secondary N) is 2. The van der Waals surface area contributed by atoms with Crippen molar-refractivity contribution in [2.75, 3.05) is 81.1 Å². The fraction of sp³-hybridized carbons (Fsp3) is 0.778. The third-order valence-corrected chi connectivity index (χ3v) is 6.24. The van der Waals surface area contributed by atoms with Gasteiger partial charge in [0, 0.05) is 60.8 Å². The normalized spacial score (nSPS) is 10.6. The van der Waals surface area contributed by atoms with Crippen molar-refractivity contribution < 1.29 is 28.8 Å². The van der Waals surface area contributed by atoms with Gasteiger partial charge in [-0.15, -0.1) is 0 Å². The van der Waals surface area contributed by atoms with E-state index in [1.807, 2.05) is 13.8 Å². The van der Waals surface area contributed by atoms with Crippen molar-refractivity contribution >= 4 is 35.4 Å². The molecule has 0 aromatic carbocycles. The topological polar surface area (TPSA) is 143 Å². The van der Waals surface area contributed by atoms with E-state index in [0.29, 0.717) is 13.1 Å². The van der Waals surface area contributed by atoms with E-state index < -0.39 is 23.6 Å². The highest BCUT2D eigenvalue weighted by atomic mass is 16.2. The summed E-state index contributed by atoms with van der Waals surface area (Å²) >= 11 is 0. The van der Waals surface area contributed by atoms with Gasteiger partial charge in [0.25, 0.3) is 0 Å². The summed E-state index contributed by atoms with van der Waals surface area (Å²) in [5.74, 6) is -2.19. The van der Waals surface area contributed by atoms with E-state index in [0.717, 1.165) is 25.7 Å². The minimum atomic E-state index is -0.466. The molecular weight excluding hydrogens is 518 g/mol. The van der Waals surface area contributed by atoms with E-state index in [-0.39, 0.29) is 57.0 Å². The Morgan fingerprint density at radius 3 is 1.35 bits per heavy atom. The first-order valence-corrected chi connectivity index (χ1v) is 13.9. The first-order valence-electron chi connectivity index (χ1n) is 13.9. The summed E-state index contributed by atoms with van der Waals surface area (Å²) in [7, 11) is 7.36. The fourth-order valence-electron chi connectivity index (χ4n) is 3.44. The SMILES string of the molecule is CCCCCCNC(=O)CN(C)C(=O)CN(C)C(=O)CN(C)C(=O)CN(C)C(=O)CN(C)C(=O)CCNC(C)C. The van der Waals surface area contributed by atoms with Crippen molar-refractivity contribution in [3.8, 4) is 0 Å². The molecule has 0 atom stereocenters. The first-order chi connectivity index (χ1) is 18.7. The number of carbonyl (C=O) groups excluding carboxylic acids is 6. The standard InChI is InChI=1S/C27H51N7O6/c1-9-10-11-12-14-29-22(35)16-30(4)24(37)18-32(6)26(39)20-34(8)27(40)19-33(7)25(38)17-31(5)23(36)13-15-28-21(2)3/h21,28H,9-20H2,1-8H3,(H,29,35). The highest BCUT2D eigenvalue weighted by molar-refractivity contribution is 5.91. The molecule has 0 heterocycles. The van der Waals surface area contributed by atoms with Crippen LogP contribution in [-0.4, -0.2) is 147 Å². The predicted octanol–water partition coefficient (Wildman–Crippen LogP) is -0.637. The molecule has 0 radical (unpaired) electrons. The number of rotatable bonds is 19. The van der Waals surface area contributed by atoms with Crippen LogP contribution in [0.25, 0.3) is 0 Å². The van der Waals surface area contributed by atoms with E-state index in [1.165, 1.54) is 59.7 Å². The van der Waals surface area contributed by atoms with Crippen LogP contribution in [0.3, 0.4) is 0 Å². The molecule has 0 saturated heterocycles. The van der Waals surface area contributed by atoms with Crippen LogP contribution < -0.4 is 10.6 Å². The molecule has 0 bridgehead atoms.